The molecular formula is C13H13Cl3O2. The normalized spacial score (nSPS) is 12.7. The molecule has 1 rings (SSSR count). The van der Waals surface area contributed by atoms with Crippen molar-refractivity contribution in [3.8, 4) is 0 Å². The van der Waals surface area contributed by atoms with E-state index in [4.69, 9.17) is 39.5 Å². The van der Waals surface area contributed by atoms with Gasteiger partial charge in [0.25, 0.3) is 0 Å². The summed E-state index contributed by atoms with van der Waals surface area (Å²) in [7, 11) is 0. The van der Waals surface area contributed by atoms with Gasteiger partial charge in [0.15, 0.2) is 6.10 Å². The molecule has 5 heteroatoms. The summed E-state index contributed by atoms with van der Waals surface area (Å²) < 4.78 is 3.51. The van der Waals surface area contributed by atoms with E-state index in [-0.39, 0.29) is 0 Å². The highest BCUT2D eigenvalue weighted by atomic mass is 35.6. The van der Waals surface area contributed by atoms with Gasteiger partial charge in [0, 0.05) is 0 Å². The molecule has 0 fully saturated rings. The van der Waals surface area contributed by atoms with Crippen molar-refractivity contribution in [3.05, 3.63) is 47.5 Å². The Balaban J connectivity index is 2.86. The Morgan fingerprint density at radius 1 is 1.22 bits per heavy atom. The summed E-state index contributed by atoms with van der Waals surface area (Å²) in [5.74, 6) is -0.524. The van der Waals surface area contributed by atoms with Crippen LogP contribution in [-0.2, 0) is 4.74 Å². The van der Waals surface area contributed by atoms with Crippen LogP contribution in [0.4, 0.5) is 0 Å². The fourth-order valence-electron chi connectivity index (χ4n) is 1.26. The van der Waals surface area contributed by atoms with E-state index in [9.17, 15) is 4.79 Å². The predicted octanol–water partition coefficient (Wildman–Crippen LogP) is 4.55. The molecule has 0 bridgehead atoms. The lowest BCUT2D eigenvalue weighted by molar-refractivity contribution is 0.0399. The van der Waals surface area contributed by atoms with Gasteiger partial charge in [-0.05, 0) is 32.1 Å². The molecule has 0 heterocycles. The third kappa shape index (κ3) is 4.89. The lowest BCUT2D eigenvalue weighted by Gasteiger charge is -2.22. The third-order valence-corrected chi connectivity index (χ3v) is 2.70. The van der Waals surface area contributed by atoms with Crippen LogP contribution >= 0.6 is 34.8 Å². The van der Waals surface area contributed by atoms with Crippen molar-refractivity contribution < 1.29 is 9.53 Å². The van der Waals surface area contributed by atoms with Gasteiger partial charge < -0.3 is 4.74 Å². The molecule has 0 saturated heterocycles. The number of carbonyl (C=O) groups is 1. The van der Waals surface area contributed by atoms with Crippen LogP contribution in [0.15, 0.2) is 42.0 Å². The number of alkyl halides is 3. The highest BCUT2D eigenvalue weighted by molar-refractivity contribution is 6.68. The first-order valence-corrected chi connectivity index (χ1v) is 6.42. The van der Waals surface area contributed by atoms with Gasteiger partial charge in [-0.15, -0.1) is 0 Å². The number of benzene rings is 1. The van der Waals surface area contributed by atoms with Crippen LogP contribution < -0.4 is 0 Å². The van der Waals surface area contributed by atoms with Gasteiger partial charge in [-0.2, -0.15) is 0 Å². The number of rotatable bonds is 3. The average molecular weight is 308 g/mol. The summed E-state index contributed by atoms with van der Waals surface area (Å²) in [6.07, 6.45) is 0.689. The highest BCUT2D eigenvalue weighted by Crippen LogP contribution is 2.34. The van der Waals surface area contributed by atoms with Crippen LogP contribution in [0.3, 0.4) is 0 Å². The smallest absolute Gasteiger partial charge is 0.338 e. The quantitative estimate of drug-likeness (QED) is 0.465. The van der Waals surface area contributed by atoms with Gasteiger partial charge in [-0.25, -0.2) is 4.79 Å². The van der Waals surface area contributed by atoms with Gasteiger partial charge >= 0.3 is 5.97 Å². The summed E-state index contributed by atoms with van der Waals surface area (Å²) in [5, 5.41) is 0. The van der Waals surface area contributed by atoms with Crippen molar-refractivity contribution in [1.29, 1.82) is 0 Å². The number of hydrogen-bond acceptors (Lipinski definition) is 2. The largest absolute Gasteiger partial charge is 0.450 e. The molecule has 98 valence electrons. The fraction of sp³-hybridized carbons (Fsp3) is 0.308. The van der Waals surface area contributed by atoms with Crippen LogP contribution in [-0.4, -0.2) is 15.9 Å². The van der Waals surface area contributed by atoms with E-state index < -0.39 is 15.9 Å². The molecule has 0 spiro atoms. The van der Waals surface area contributed by atoms with E-state index in [0.717, 1.165) is 5.57 Å². The minimum atomic E-state index is -1.69. The van der Waals surface area contributed by atoms with Gasteiger partial charge in [-0.3, -0.25) is 0 Å². The van der Waals surface area contributed by atoms with E-state index in [2.05, 4.69) is 0 Å². The van der Waals surface area contributed by atoms with E-state index >= 15 is 0 Å². The Hall–Kier alpha value is -0.700. The summed E-state index contributed by atoms with van der Waals surface area (Å²) in [6, 6.07) is 8.56. The molecule has 0 amide bonds. The zero-order valence-electron chi connectivity index (χ0n) is 9.99. The van der Waals surface area contributed by atoms with Crippen molar-refractivity contribution in [3.63, 3.8) is 0 Å². The molecule has 0 aliphatic heterocycles. The molecule has 0 radical (unpaired) electrons. The molecule has 1 aromatic rings. The molecule has 0 aliphatic carbocycles. The molecular weight excluding hydrogens is 294 g/mol. The summed E-state index contributed by atoms with van der Waals surface area (Å²) in [6.45, 7) is 3.67. The summed E-state index contributed by atoms with van der Waals surface area (Å²) >= 11 is 17.4. The molecule has 1 atom stereocenters. The zero-order chi connectivity index (χ0) is 13.8. The predicted molar refractivity (Wildman–Crippen MR) is 75.4 cm³/mol. The maximum absolute atomic E-state index is 11.9. The average Bonchev–Trinajstić information content (AvgIpc) is 2.27. The fourth-order valence-corrected chi connectivity index (χ4v) is 1.58. The zero-order valence-corrected chi connectivity index (χ0v) is 12.3. The Bertz CT molecular complexity index is 431. The number of hydrogen-bond donors (Lipinski definition) is 0. The Morgan fingerprint density at radius 2 is 1.78 bits per heavy atom. The first-order valence-electron chi connectivity index (χ1n) is 5.28. The Labute approximate surface area is 121 Å². The molecule has 1 unspecified atom stereocenters. The topological polar surface area (TPSA) is 26.3 Å². The van der Waals surface area contributed by atoms with Crippen molar-refractivity contribution >= 4 is 40.8 Å². The van der Waals surface area contributed by atoms with Crippen LogP contribution in [0.2, 0.25) is 0 Å². The monoisotopic (exact) mass is 306 g/mol. The molecule has 0 N–H and O–H groups in total. The number of esters is 1. The second-order valence-corrected chi connectivity index (χ2v) is 6.35. The van der Waals surface area contributed by atoms with E-state index in [1.165, 1.54) is 0 Å². The molecule has 18 heavy (non-hydrogen) atoms. The maximum Gasteiger partial charge on any atom is 0.338 e. The maximum atomic E-state index is 11.9. The van der Waals surface area contributed by atoms with Gasteiger partial charge in [0.2, 0.25) is 3.79 Å². The summed E-state index contributed by atoms with van der Waals surface area (Å²) in [4.78, 5) is 11.9. The van der Waals surface area contributed by atoms with E-state index in [1.807, 2.05) is 13.8 Å². The van der Waals surface area contributed by atoms with Crippen LogP contribution in [0.25, 0.3) is 0 Å². The Morgan fingerprint density at radius 3 is 2.22 bits per heavy atom. The van der Waals surface area contributed by atoms with Crippen molar-refractivity contribution in [1.82, 2.24) is 0 Å². The number of ether oxygens (including phenoxy) is 1. The van der Waals surface area contributed by atoms with Gasteiger partial charge in [-0.1, -0.05) is 58.6 Å². The third-order valence-electron chi connectivity index (χ3n) is 2.05. The molecule has 0 aliphatic rings. The van der Waals surface area contributed by atoms with E-state index in [0.29, 0.717) is 5.56 Å². The standard InChI is InChI=1S/C13H13Cl3O2/c1-9(2)8-11(13(14,15)16)18-12(17)10-6-4-3-5-7-10/h3-8,11H,1-2H3. The number of carbonyl (C=O) groups excluding carboxylic acids is 1. The van der Waals surface area contributed by atoms with Crippen LogP contribution in [0.5, 0.6) is 0 Å². The number of allylic oxidation sites excluding steroid dienone is 1. The highest BCUT2D eigenvalue weighted by Gasteiger charge is 2.34. The van der Waals surface area contributed by atoms with Gasteiger partial charge in [0.1, 0.15) is 0 Å². The first kappa shape index (κ1) is 15.4. The lowest BCUT2D eigenvalue weighted by Crippen LogP contribution is -2.29. The van der Waals surface area contributed by atoms with Crippen molar-refractivity contribution in [2.75, 3.05) is 0 Å². The first-order chi connectivity index (χ1) is 8.30. The molecule has 0 aromatic heterocycles. The van der Waals surface area contributed by atoms with Gasteiger partial charge in [0.05, 0.1) is 5.56 Å². The SMILES string of the molecule is CC(C)=CC(OC(=O)c1ccccc1)C(Cl)(Cl)Cl. The van der Waals surface area contributed by atoms with Crippen LogP contribution in [0, 0.1) is 0 Å². The minimum absolute atomic E-state index is 0.416. The Kier molecular flexibility index (Phi) is 5.51. The van der Waals surface area contributed by atoms with E-state index in [1.54, 1.807) is 36.4 Å². The van der Waals surface area contributed by atoms with Crippen molar-refractivity contribution in [2.45, 2.75) is 23.7 Å². The molecule has 2 nitrogen and oxygen atoms in total. The lowest BCUT2D eigenvalue weighted by atomic mass is 10.2. The van der Waals surface area contributed by atoms with Crippen LogP contribution in [0.1, 0.15) is 24.2 Å². The second kappa shape index (κ2) is 6.46. The second-order valence-electron chi connectivity index (χ2n) is 3.98. The summed E-state index contributed by atoms with van der Waals surface area (Å²) in [5.41, 5.74) is 1.31. The minimum Gasteiger partial charge on any atom is -0.450 e. The number of halogens is 3. The molecule has 1 aromatic carbocycles. The molecule has 0 saturated carbocycles. The van der Waals surface area contributed by atoms with Crippen molar-refractivity contribution in [2.24, 2.45) is 0 Å².